The molecule has 1 heterocycles. The first-order valence-electron chi connectivity index (χ1n) is 8.06. The zero-order valence-corrected chi connectivity index (χ0v) is 13.2. The number of hydrogen-bond acceptors (Lipinski definition) is 2. The molecular weight excluding hydrogens is 252 g/mol. The van der Waals surface area contributed by atoms with Gasteiger partial charge in [0.05, 0.1) is 0 Å². The molecule has 2 fully saturated rings. The van der Waals surface area contributed by atoms with Gasteiger partial charge in [0.2, 0.25) is 11.8 Å². The van der Waals surface area contributed by atoms with E-state index < -0.39 is 5.54 Å². The van der Waals surface area contributed by atoms with Crippen molar-refractivity contribution in [3.63, 3.8) is 0 Å². The number of amides is 2. The maximum atomic E-state index is 12.8. The van der Waals surface area contributed by atoms with Crippen LogP contribution in [-0.2, 0) is 9.59 Å². The van der Waals surface area contributed by atoms with Crippen molar-refractivity contribution in [2.75, 3.05) is 6.54 Å². The van der Waals surface area contributed by atoms with Crippen LogP contribution in [0.5, 0.6) is 0 Å². The van der Waals surface area contributed by atoms with Gasteiger partial charge in [-0.1, -0.05) is 40.0 Å². The number of piperazine rings is 1. The number of rotatable bonds is 6. The summed E-state index contributed by atoms with van der Waals surface area (Å²) in [4.78, 5) is 27.1. The van der Waals surface area contributed by atoms with Gasteiger partial charge in [0.1, 0.15) is 11.6 Å². The van der Waals surface area contributed by atoms with Crippen LogP contribution in [0.2, 0.25) is 0 Å². The molecule has 1 aliphatic carbocycles. The minimum atomic E-state index is -0.718. The minimum absolute atomic E-state index is 0.0269. The lowest BCUT2D eigenvalue weighted by molar-refractivity contribution is -0.156. The summed E-state index contributed by atoms with van der Waals surface area (Å²) in [6, 6.07) is -0.286. The normalized spacial score (nSPS) is 32.2. The van der Waals surface area contributed by atoms with Gasteiger partial charge in [-0.25, -0.2) is 0 Å². The second-order valence-electron chi connectivity index (χ2n) is 6.74. The standard InChI is InChI=1S/C16H28N2O2/c1-5-11(3)13-14(19)17-16(4,6-2)15(20)18(13)10-9-12-7-8-12/h11-13H,5-10H2,1-4H3,(H,17,19). The predicted octanol–water partition coefficient (Wildman–Crippen LogP) is 2.33. The van der Waals surface area contributed by atoms with E-state index >= 15 is 0 Å². The monoisotopic (exact) mass is 280 g/mol. The van der Waals surface area contributed by atoms with Gasteiger partial charge in [-0.15, -0.1) is 0 Å². The van der Waals surface area contributed by atoms with Crippen molar-refractivity contribution in [1.82, 2.24) is 10.2 Å². The Morgan fingerprint density at radius 2 is 2.00 bits per heavy atom. The van der Waals surface area contributed by atoms with E-state index in [0.29, 0.717) is 6.42 Å². The Balaban J connectivity index is 2.19. The highest BCUT2D eigenvalue weighted by atomic mass is 16.2. The molecule has 2 rings (SSSR count). The zero-order chi connectivity index (χ0) is 14.9. The predicted molar refractivity (Wildman–Crippen MR) is 79.1 cm³/mol. The summed E-state index contributed by atoms with van der Waals surface area (Å²) in [5.41, 5.74) is -0.718. The van der Waals surface area contributed by atoms with Gasteiger partial charge in [0.25, 0.3) is 0 Å². The van der Waals surface area contributed by atoms with E-state index in [1.54, 1.807) is 0 Å². The van der Waals surface area contributed by atoms with Crippen LogP contribution < -0.4 is 5.32 Å². The first-order chi connectivity index (χ1) is 9.42. The first-order valence-corrected chi connectivity index (χ1v) is 8.06. The molecule has 2 amide bonds. The van der Waals surface area contributed by atoms with E-state index in [-0.39, 0.29) is 23.8 Å². The third-order valence-corrected chi connectivity index (χ3v) is 5.10. The second kappa shape index (κ2) is 5.74. The largest absolute Gasteiger partial charge is 0.340 e. The van der Waals surface area contributed by atoms with Crippen molar-refractivity contribution in [3.05, 3.63) is 0 Å². The van der Waals surface area contributed by atoms with Gasteiger partial charge in [0, 0.05) is 6.54 Å². The topological polar surface area (TPSA) is 49.4 Å². The fourth-order valence-corrected chi connectivity index (χ4v) is 2.98. The third-order valence-electron chi connectivity index (χ3n) is 5.10. The Hall–Kier alpha value is -1.06. The van der Waals surface area contributed by atoms with Crippen molar-refractivity contribution in [2.45, 2.75) is 71.4 Å². The lowest BCUT2D eigenvalue weighted by Gasteiger charge is -2.46. The summed E-state index contributed by atoms with van der Waals surface area (Å²) in [5, 5.41) is 2.96. The molecule has 1 saturated heterocycles. The Morgan fingerprint density at radius 1 is 1.35 bits per heavy atom. The van der Waals surface area contributed by atoms with Gasteiger partial charge >= 0.3 is 0 Å². The fourth-order valence-electron chi connectivity index (χ4n) is 2.98. The van der Waals surface area contributed by atoms with Crippen LogP contribution in [0.25, 0.3) is 0 Å². The van der Waals surface area contributed by atoms with Crippen molar-refractivity contribution in [2.24, 2.45) is 11.8 Å². The molecule has 0 aromatic heterocycles. The molecule has 1 aliphatic heterocycles. The van der Waals surface area contributed by atoms with E-state index in [1.807, 2.05) is 18.7 Å². The van der Waals surface area contributed by atoms with Crippen LogP contribution in [-0.4, -0.2) is 34.8 Å². The second-order valence-corrected chi connectivity index (χ2v) is 6.74. The van der Waals surface area contributed by atoms with Crippen molar-refractivity contribution in [3.8, 4) is 0 Å². The summed E-state index contributed by atoms with van der Waals surface area (Å²) >= 11 is 0. The SMILES string of the molecule is CCC(C)C1C(=O)NC(C)(CC)C(=O)N1CCC1CC1. The molecule has 0 aromatic carbocycles. The summed E-state index contributed by atoms with van der Waals surface area (Å²) < 4.78 is 0. The number of nitrogens with one attached hydrogen (secondary N) is 1. The minimum Gasteiger partial charge on any atom is -0.340 e. The van der Waals surface area contributed by atoms with E-state index in [9.17, 15) is 9.59 Å². The molecule has 114 valence electrons. The summed E-state index contributed by atoms with van der Waals surface area (Å²) in [5.74, 6) is 1.11. The van der Waals surface area contributed by atoms with Gasteiger partial charge in [-0.2, -0.15) is 0 Å². The third kappa shape index (κ3) is 2.84. The molecule has 3 unspecified atom stereocenters. The lowest BCUT2D eigenvalue weighted by Crippen LogP contribution is -2.70. The summed E-state index contributed by atoms with van der Waals surface area (Å²) in [6.07, 6.45) is 5.17. The fraction of sp³-hybridized carbons (Fsp3) is 0.875. The maximum absolute atomic E-state index is 12.8. The molecule has 0 radical (unpaired) electrons. The summed E-state index contributed by atoms with van der Waals surface area (Å²) in [7, 11) is 0. The van der Waals surface area contributed by atoms with Gasteiger partial charge in [-0.3, -0.25) is 9.59 Å². The van der Waals surface area contributed by atoms with E-state index in [2.05, 4.69) is 19.2 Å². The lowest BCUT2D eigenvalue weighted by atomic mass is 9.86. The highest BCUT2D eigenvalue weighted by Crippen LogP contribution is 2.34. The first kappa shape index (κ1) is 15.3. The van der Waals surface area contributed by atoms with Crippen LogP contribution in [0.4, 0.5) is 0 Å². The van der Waals surface area contributed by atoms with Crippen LogP contribution >= 0.6 is 0 Å². The number of carbonyl (C=O) groups excluding carboxylic acids is 2. The molecule has 4 nitrogen and oxygen atoms in total. The van der Waals surface area contributed by atoms with E-state index in [4.69, 9.17) is 0 Å². The highest BCUT2D eigenvalue weighted by molar-refractivity contribution is 5.99. The number of carbonyl (C=O) groups is 2. The molecule has 0 aromatic rings. The maximum Gasteiger partial charge on any atom is 0.248 e. The molecule has 3 atom stereocenters. The Kier molecular flexibility index (Phi) is 4.40. The van der Waals surface area contributed by atoms with Gasteiger partial charge in [-0.05, 0) is 31.6 Å². The van der Waals surface area contributed by atoms with Crippen molar-refractivity contribution >= 4 is 11.8 Å². The molecule has 0 bridgehead atoms. The molecule has 0 spiro atoms. The molecule has 2 aliphatic rings. The van der Waals surface area contributed by atoms with Crippen LogP contribution in [0.1, 0.15) is 59.8 Å². The van der Waals surface area contributed by atoms with E-state index in [1.165, 1.54) is 12.8 Å². The quantitative estimate of drug-likeness (QED) is 0.812. The summed E-state index contributed by atoms with van der Waals surface area (Å²) in [6.45, 7) is 8.69. The number of nitrogens with zero attached hydrogens (tertiary/aromatic N) is 1. The zero-order valence-electron chi connectivity index (χ0n) is 13.2. The Labute approximate surface area is 122 Å². The Morgan fingerprint density at radius 3 is 2.50 bits per heavy atom. The van der Waals surface area contributed by atoms with E-state index in [0.717, 1.165) is 25.3 Å². The van der Waals surface area contributed by atoms with Crippen molar-refractivity contribution in [1.29, 1.82) is 0 Å². The van der Waals surface area contributed by atoms with Crippen LogP contribution in [0, 0.1) is 11.8 Å². The highest BCUT2D eigenvalue weighted by Gasteiger charge is 2.48. The Bertz CT molecular complexity index is 392. The number of hydrogen-bond donors (Lipinski definition) is 1. The van der Waals surface area contributed by atoms with Gasteiger partial charge < -0.3 is 10.2 Å². The molecule has 1 N–H and O–H groups in total. The van der Waals surface area contributed by atoms with Crippen LogP contribution in [0.15, 0.2) is 0 Å². The van der Waals surface area contributed by atoms with Gasteiger partial charge in [0.15, 0.2) is 0 Å². The average Bonchev–Trinajstić information content (AvgIpc) is 3.24. The molecule has 20 heavy (non-hydrogen) atoms. The average molecular weight is 280 g/mol. The molecule has 1 saturated carbocycles. The molecule has 4 heteroatoms. The molecular formula is C16H28N2O2. The van der Waals surface area contributed by atoms with Crippen molar-refractivity contribution < 1.29 is 9.59 Å². The van der Waals surface area contributed by atoms with Crippen LogP contribution in [0.3, 0.4) is 0 Å². The smallest absolute Gasteiger partial charge is 0.248 e.